The molecule has 5 nitrogen and oxygen atoms in total. The molecule has 0 spiro atoms. The largest absolute Gasteiger partial charge is 0.497 e. The Morgan fingerprint density at radius 3 is 2.81 bits per heavy atom. The number of nitrogens with zero attached hydrogens (tertiary/aromatic N) is 1. The highest BCUT2D eigenvalue weighted by Crippen LogP contribution is 2.27. The molecule has 1 aliphatic rings. The summed E-state index contributed by atoms with van der Waals surface area (Å²) < 4.78 is 11.0. The lowest BCUT2D eigenvalue weighted by Crippen LogP contribution is -2.39. The van der Waals surface area contributed by atoms with Gasteiger partial charge in [0.05, 0.1) is 7.11 Å². The van der Waals surface area contributed by atoms with Crippen molar-refractivity contribution in [1.82, 2.24) is 5.32 Å². The molecule has 0 bridgehead atoms. The second-order valence-corrected chi connectivity index (χ2v) is 6.70. The lowest BCUT2D eigenvalue weighted by atomic mass is 10.2. The summed E-state index contributed by atoms with van der Waals surface area (Å²) in [6.45, 7) is 4.61. The first-order chi connectivity index (χ1) is 13.2. The molecule has 0 saturated carbocycles. The predicted molar refractivity (Wildman–Crippen MR) is 108 cm³/mol. The van der Waals surface area contributed by atoms with Gasteiger partial charge in [-0.1, -0.05) is 31.2 Å². The number of carbonyl (C=O) groups is 1. The van der Waals surface area contributed by atoms with Crippen LogP contribution in [0.15, 0.2) is 48.5 Å². The molecular formula is C22H28N2O3. The van der Waals surface area contributed by atoms with Crippen LogP contribution >= 0.6 is 0 Å². The molecule has 0 aromatic heterocycles. The molecule has 27 heavy (non-hydrogen) atoms. The number of carbonyl (C=O) groups excluding carboxylic acids is 1. The van der Waals surface area contributed by atoms with Crippen LogP contribution in [0, 0.1) is 0 Å². The van der Waals surface area contributed by atoms with E-state index in [1.807, 2.05) is 25.1 Å². The fourth-order valence-corrected chi connectivity index (χ4v) is 3.40. The molecule has 3 rings (SSSR count). The van der Waals surface area contributed by atoms with Crippen LogP contribution in [0.2, 0.25) is 0 Å². The van der Waals surface area contributed by atoms with Gasteiger partial charge in [-0.2, -0.15) is 0 Å². The topological polar surface area (TPSA) is 50.8 Å². The van der Waals surface area contributed by atoms with E-state index in [0.717, 1.165) is 25.9 Å². The van der Waals surface area contributed by atoms with E-state index in [9.17, 15) is 4.79 Å². The average Bonchev–Trinajstić information content (AvgIpc) is 3.12. The standard InChI is InChI=1S/C22H28N2O3/c1-3-21(27-19-10-6-9-18(16-19)26-2)22(25)23-13-7-14-24-15-12-17-8-4-5-11-20(17)24/h4-6,8-11,16,21H,3,7,12-15H2,1-2H3,(H,23,25). The first kappa shape index (κ1) is 19.1. The Balaban J connectivity index is 1.44. The Morgan fingerprint density at radius 2 is 2.00 bits per heavy atom. The van der Waals surface area contributed by atoms with Crippen molar-refractivity contribution in [2.45, 2.75) is 32.3 Å². The van der Waals surface area contributed by atoms with E-state index in [-0.39, 0.29) is 5.91 Å². The van der Waals surface area contributed by atoms with Crippen LogP contribution in [-0.4, -0.2) is 38.8 Å². The Morgan fingerprint density at radius 1 is 1.19 bits per heavy atom. The van der Waals surface area contributed by atoms with Crippen LogP contribution in [-0.2, 0) is 11.2 Å². The molecule has 1 amide bonds. The highest BCUT2D eigenvalue weighted by molar-refractivity contribution is 5.81. The Hall–Kier alpha value is -2.69. The van der Waals surface area contributed by atoms with Crippen molar-refractivity contribution < 1.29 is 14.3 Å². The highest BCUT2D eigenvalue weighted by Gasteiger charge is 2.20. The Bertz CT molecular complexity index is 763. The molecule has 2 aromatic carbocycles. The minimum atomic E-state index is -0.496. The van der Waals surface area contributed by atoms with Crippen LogP contribution in [0.1, 0.15) is 25.3 Å². The molecule has 0 radical (unpaired) electrons. The van der Waals surface area contributed by atoms with Crippen molar-refractivity contribution in [2.75, 3.05) is 31.6 Å². The maximum Gasteiger partial charge on any atom is 0.261 e. The van der Waals surface area contributed by atoms with E-state index >= 15 is 0 Å². The third-order valence-electron chi connectivity index (χ3n) is 4.87. The van der Waals surface area contributed by atoms with Gasteiger partial charge in [-0.25, -0.2) is 0 Å². The van der Waals surface area contributed by atoms with Gasteiger partial charge < -0.3 is 19.7 Å². The maximum atomic E-state index is 12.4. The molecular weight excluding hydrogens is 340 g/mol. The number of benzene rings is 2. The molecule has 0 saturated heterocycles. The molecule has 1 aliphatic heterocycles. The summed E-state index contributed by atoms with van der Waals surface area (Å²) in [7, 11) is 1.61. The summed E-state index contributed by atoms with van der Waals surface area (Å²) in [5, 5.41) is 3.01. The summed E-state index contributed by atoms with van der Waals surface area (Å²) in [6.07, 6.45) is 2.14. The predicted octanol–water partition coefficient (Wildman–Crippen LogP) is 3.42. The zero-order valence-corrected chi connectivity index (χ0v) is 16.1. The van der Waals surface area contributed by atoms with Crippen LogP contribution in [0.3, 0.4) is 0 Å². The van der Waals surface area contributed by atoms with E-state index < -0.39 is 6.10 Å². The number of rotatable bonds is 9. The van der Waals surface area contributed by atoms with Crippen molar-refractivity contribution in [2.24, 2.45) is 0 Å². The molecule has 1 unspecified atom stereocenters. The van der Waals surface area contributed by atoms with Gasteiger partial charge in [-0.05, 0) is 43.0 Å². The zero-order chi connectivity index (χ0) is 19.1. The van der Waals surface area contributed by atoms with Gasteiger partial charge in [0.2, 0.25) is 0 Å². The van der Waals surface area contributed by atoms with Gasteiger partial charge in [0.1, 0.15) is 11.5 Å². The van der Waals surface area contributed by atoms with E-state index in [0.29, 0.717) is 24.5 Å². The first-order valence-electron chi connectivity index (χ1n) is 9.62. The van der Waals surface area contributed by atoms with Gasteiger partial charge in [-0.3, -0.25) is 4.79 Å². The van der Waals surface area contributed by atoms with E-state index in [1.165, 1.54) is 11.3 Å². The molecule has 1 N–H and O–H groups in total. The Labute approximate surface area is 161 Å². The van der Waals surface area contributed by atoms with Crippen LogP contribution in [0.4, 0.5) is 5.69 Å². The SMILES string of the molecule is CCC(Oc1cccc(OC)c1)C(=O)NCCCN1CCc2ccccc21. The fourth-order valence-electron chi connectivity index (χ4n) is 3.40. The van der Waals surface area contributed by atoms with Crippen LogP contribution in [0.25, 0.3) is 0 Å². The molecule has 0 fully saturated rings. The number of fused-ring (bicyclic) bond motifs is 1. The van der Waals surface area contributed by atoms with Crippen molar-refractivity contribution in [3.63, 3.8) is 0 Å². The van der Waals surface area contributed by atoms with Gasteiger partial charge in [0.15, 0.2) is 6.10 Å². The van der Waals surface area contributed by atoms with E-state index in [1.54, 1.807) is 13.2 Å². The van der Waals surface area contributed by atoms with Crippen molar-refractivity contribution in [3.05, 3.63) is 54.1 Å². The third-order valence-corrected chi connectivity index (χ3v) is 4.87. The van der Waals surface area contributed by atoms with Crippen molar-refractivity contribution in [3.8, 4) is 11.5 Å². The maximum absolute atomic E-state index is 12.4. The van der Waals surface area contributed by atoms with Crippen molar-refractivity contribution in [1.29, 1.82) is 0 Å². The molecule has 5 heteroatoms. The molecule has 0 aliphatic carbocycles. The first-order valence-corrected chi connectivity index (χ1v) is 9.62. The van der Waals surface area contributed by atoms with Crippen molar-refractivity contribution >= 4 is 11.6 Å². The molecule has 144 valence electrons. The minimum absolute atomic E-state index is 0.0675. The van der Waals surface area contributed by atoms with Gasteiger partial charge in [-0.15, -0.1) is 0 Å². The van der Waals surface area contributed by atoms with Gasteiger partial charge in [0, 0.05) is 31.4 Å². The van der Waals surface area contributed by atoms with Gasteiger partial charge in [0.25, 0.3) is 5.91 Å². The summed E-state index contributed by atoms with van der Waals surface area (Å²) >= 11 is 0. The molecule has 2 aromatic rings. The average molecular weight is 368 g/mol. The van der Waals surface area contributed by atoms with Crippen LogP contribution in [0.5, 0.6) is 11.5 Å². The second-order valence-electron chi connectivity index (χ2n) is 6.70. The highest BCUT2D eigenvalue weighted by atomic mass is 16.5. The van der Waals surface area contributed by atoms with Crippen LogP contribution < -0.4 is 19.7 Å². The summed E-state index contributed by atoms with van der Waals surface area (Å²) in [5.74, 6) is 1.29. The number of amides is 1. The second kappa shape index (κ2) is 9.31. The molecule has 1 heterocycles. The quantitative estimate of drug-likeness (QED) is 0.689. The number of ether oxygens (including phenoxy) is 2. The summed E-state index contributed by atoms with van der Waals surface area (Å²) in [5.41, 5.74) is 2.75. The van der Waals surface area contributed by atoms with Gasteiger partial charge >= 0.3 is 0 Å². The van der Waals surface area contributed by atoms with E-state index in [4.69, 9.17) is 9.47 Å². The lowest BCUT2D eigenvalue weighted by molar-refractivity contribution is -0.128. The number of nitrogens with one attached hydrogen (secondary N) is 1. The number of para-hydroxylation sites is 1. The molecule has 1 atom stereocenters. The summed E-state index contributed by atoms with van der Waals surface area (Å²) in [4.78, 5) is 14.8. The zero-order valence-electron chi connectivity index (χ0n) is 16.1. The third kappa shape index (κ3) is 4.94. The Kier molecular flexibility index (Phi) is 6.58. The minimum Gasteiger partial charge on any atom is -0.497 e. The fraction of sp³-hybridized carbons (Fsp3) is 0.409. The number of anilines is 1. The summed E-state index contributed by atoms with van der Waals surface area (Å²) in [6, 6.07) is 15.9. The number of methoxy groups -OCH3 is 1. The number of hydrogen-bond donors (Lipinski definition) is 1. The lowest BCUT2D eigenvalue weighted by Gasteiger charge is -2.20. The van der Waals surface area contributed by atoms with E-state index in [2.05, 4.69) is 34.5 Å². The smallest absolute Gasteiger partial charge is 0.261 e. The number of hydrogen-bond acceptors (Lipinski definition) is 4. The normalized spacial score (nSPS) is 13.8. The monoisotopic (exact) mass is 368 g/mol.